The highest BCUT2D eigenvalue weighted by Crippen LogP contribution is 2.17. The van der Waals surface area contributed by atoms with E-state index in [1.807, 2.05) is 6.92 Å². The van der Waals surface area contributed by atoms with Gasteiger partial charge in [-0.05, 0) is 24.6 Å². The molecule has 0 saturated carbocycles. The fourth-order valence-corrected chi connectivity index (χ4v) is 1.20. The molecule has 1 rings (SSSR count). The molecule has 92 valence electrons. The van der Waals surface area contributed by atoms with Crippen molar-refractivity contribution in [3.8, 4) is 0 Å². The SMILES string of the molecule is CCC(C)C(=O)Nc1cc(C(=O)O)ccc1F. The maximum Gasteiger partial charge on any atom is 0.335 e. The van der Waals surface area contributed by atoms with Gasteiger partial charge in [-0.1, -0.05) is 13.8 Å². The highest BCUT2D eigenvalue weighted by atomic mass is 19.1. The number of carboxylic acid groups (broad SMARTS) is 1. The number of amides is 1. The van der Waals surface area contributed by atoms with Crippen LogP contribution in [0.5, 0.6) is 0 Å². The molecule has 1 atom stereocenters. The van der Waals surface area contributed by atoms with Crippen LogP contribution in [0.2, 0.25) is 0 Å². The first-order valence-electron chi connectivity index (χ1n) is 5.29. The monoisotopic (exact) mass is 239 g/mol. The molecule has 4 nitrogen and oxygen atoms in total. The molecule has 0 fully saturated rings. The summed E-state index contributed by atoms with van der Waals surface area (Å²) in [5, 5.41) is 11.1. The number of hydrogen-bond donors (Lipinski definition) is 2. The van der Waals surface area contributed by atoms with Crippen molar-refractivity contribution in [2.45, 2.75) is 20.3 Å². The van der Waals surface area contributed by atoms with Crippen LogP contribution in [0.15, 0.2) is 18.2 Å². The van der Waals surface area contributed by atoms with E-state index in [0.29, 0.717) is 6.42 Å². The zero-order valence-corrected chi connectivity index (χ0v) is 9.66. The molecule has 17 heavy (non-hydrogen) atoms. The van der Waals surface area contributed by atoms with Gasteiger partial charge in [0, 0.05) is 5.92 Å². The largest absolute Gasteiger partial charge is 0.478 e. The molecule has 0 aliphatic carbocycles. The van der Waals surface area contributed by atoms with Gasteiger partial charge in [-0.3, -0.25) is 4.79 Å². The molecule has 0 radical (unpaired) electrons. The second-order valence-corrected chi connectivity index (χ2v) is 3.80. The number of carboxylic acids is 1. The lowest BCUT2D eigenvalue weighted by Crippen LogP contribution is -2.20. The maximum absolute atomic E-state index is 13.4. The van der Waals surface area contributed by atoms with Gasteiger partial charge in [-0.2, -0.15) is 0 Å². The predicted octanol–water partition coefficient (Wildman–Crippen LogP) is 2.51. The summed E-state index contributed by atoms with van der Waals surface area (Å²) in [6.45, 7) is 3.56. The van der Waals surface area contributed by atoms with Crippen molar-refractivity contribution in [1.82, 2.24) is 0 Å². The highest BCUT2D eigenvalue weighted by molar-refractivity contribution is 5.94. The molecule has 1 aromatic carbocycles. The lowest BCUT2D eigenvalue weighted by Gasteiger charge is -2.11. The molecule has 1 unspecified atom stereocenters. The summed E-state index contributed by atoms with van der Waals surface area (Å²) >= 11 is 0. The van der Waals surface area contributed by atoms with Crippen LogP contribution in [0, 0.1) is 11.7 Å². The van der Waals surface area contributed by atoms with Crippen molar-refractivity contribution in [2.24, 2.45) is 5.92 Å². The molecule has 2 N–H and O–H groups in total. The number of carbonyl (C=O) groups is 2. The zero-order chi connectivity index (χ0) is 13.0. The van der Waals surface area contributed by atoms with Crippen molar-refractivity contribution in [3.63, 3.8) is 0 Å². The fraction of sp³-hybridized carbons (Fsp3) is 0.333. The smallest absolute Gasteiger partial charge is 0.335 e. The first-order chi connectivity index (χ1) is 7.95. The molecule has 0 aliphatic rings. The number of halogens is 1. The van der Waals surface area contributed by atoms with E-state index in [9.17, 15) is 14.0 Å². The highest BCUT2D eigenvalue weighted by Gasteiger charge is 2.14. The van der Waals surface area contributed by atoms with Gasteiger partial charge in [0.25, 0.3) is 0 Å². The van der Waals surface area contributed by atoms with Crippen molar-refractivity contribution >= 4 is 17.6 Å². The minimum Gasteiger partial charge on any atom is -0.478 e. The Bertz CT molecular complexity index is 445. The van der Waals surface area contributed by atoms with Gasteiger partial charge in [-0.15, -0.1) is 0 Å². The maximum atomic E-state index is 13.4. The minimum absolute atomic E-state index is 0.0640. The van der Waals surface area contributed by atoms with Crippen LogP contribution in [0.25, 0.3) is 0 Å². The first-order valence-corrected chi connectivity index (χ1v) is 5.29. The third-order valence-electron chi connectivity index (χ3n) is 2.53. The summed E-state index contributed by atoms with van der Waals surface area (Å²) < 4.78 is 13.4. The summed E-state index contributed by atoms with van der Waals surface area (Å²) in [6.07, 6.45) is 0.631. The van der Waals surface area contributed by atoms with Gasteiger partial charge >= 0.3 is 5.97 Å². The average Bonchev–Trinajstić information content (AvgIpc) is 2.30. The summed E-state index contributed by atoms with van der Waals surface area (Å²) in [5.41, 5.74) is -0.166. The Hall–Kier alpha value is -1.91. The first kappa shape index (κ1) is 13.2. The lowest BCUT2D eigenvalue weighted by atomic mass is 10.1. The number of carbonyl (C=O) groups excluding carboxylic acids is 1. The van der Waals surface area contributed by atoms with Crippen LogP contribution < -0.4 is 5.32 Å². The van der Waals surface area contributed by atoms with Gasteiger partial charge in [0.1, 0.15) is 5.82 Å². The Labute approximate surface area is 98.5 Å². The number of nitrogens with one attached hydrogen (secondary N) is 1. The minimum atomic E-state index is -1.16. The Kier molecular flexibility index (Phi) is 4.20. The van der Waals surface area contributed by atoms with Crippen LogP contribution >= 0.6 is 0 Å². The number of hydrogen-bond acceptors (Lipinski definition) is 2. The van der Waals surface area contributed by atoms with Gasteiger partial charge in [0.05, 0.1) is 11.3 Å². The van der Waals surface area contributed by atoms with E-state index < -0.39 is 11.8 Å². The Morgan fingerprint density at radius 2 is 2.12 bits per heavy atom. The molecule has 0 saturated heterocycles. The third-order valence-corrected chi connectivity index (χ3v) is 2.53. The number of benzene rings is 1. The Balaban J connectivity index is 2.94. The molecule has 0 aromatic heterocycles. The summed E-state index contributed by atoms with van der Waals surface area (Å²) in [7, 11) is 0. The molecule has 1 amide bonds. The number of aromatic carboxylic acids is 1. The average molecular weight is 239 g/mol. The summed E-state index contributed by atoms with van der Waals surface area (Å²) in [6, 6.07) is 3.28. The third kappa shape index (κ3) is 3.27. The fourth-order valence-electron chi connectivity index (χ4n) is 1.20. The molecule has 0 heterocycles. The second-order valence-electron chi connectivity index (χ2n) is 3.80. The van der Waals surface area contributed by atoms with E-state index in [1.165, 1.54) is 0 Å². The van der Waals surface area contributed by atoms with Crippen LogP contribution in [-0.4, -0.2) is 17.0 Å². The normalized spacial score (nSPS) is 11.9. The van der Waals surface area contributed by atoms with Gasteiger partial charge in [0.2, 0.25) is 5.91 Å². The van der Waals surface area contributed by atoms with E-state index in [-0.39, 0.29) is 23.1 Å². The van der Waals surface area contributed by atoms with E-state index >= 15 is 0 Å². The van der Waals surface area contributed by atoms with Gasteiger partial charge < -0.3 is 10.4 Å². The standard InChI is InChI=1S/C12H14FNO3/c1-3-7(2)11(15)14-10-6-8(12(16)17)4-5-9(10)13/h4-7H,3H2,1-2H3,(H,14,15)(H,16,17). The molecule has 5 heteroatoms. The van der Waals surface area contributed by atoms with Crippen LogP contribution in [0.3, 0.4) is 0 Å². The molecule has 0 aliphatic heterocycles. The van der Waals surface area contributed by atoms with Crippen LogP contribution in [-0.2, 0) is 4.79 Å². The van der Waals surface area contributed by atoms with Crippen molar-refractivity contribution < 1.29 is 19.1 Å². The van der Waals surface area contributed by atoms with E-state index in [1.54, 1.807) is 6.92 Å². The van der Waals surface area contributed by atoms with E-state index in [0.717, 1.165) is 18.2 Å². The quantitative estimate of drug-likeness (QED) is 0.848. The summed E-state index contributed by atoms with van der Waals surface area (Å²) in [5.74, 6) is -2.38. The molecular weight excluding hydrogens is 225 g/mol. The molecule has 0 bridgehead atoms. The summed E-state index contributed by atoms with van der Waals surface area (Å²) in [4.78, 5) is 22.3. The second kappa shape index (κ2) is 5.43. The van der Waals surface area contributed by atoms with Crippen molar-refractivity contribution in [1.29, 1.82) is 0 Å². The van der Waals surface area contributed by atoms with Gasteiger partial charge in [-0.25, -0.2) is 9.18 Å². The molecule has 0 spiro atoms. The Morgan fingerprint density at radius 1 is 1.47 bits per heavy atom. The molecular formula is C12H14FNO3. The number of anilines is 1. The van der Waals surface area contributed by atoms with Crippen molar-refractivity contribution in [3.05, 3.63) is 29.6 Å². The van der Waals surface area contributed by atoms with E-state index in [2.05, 4.69) is 5.32 Å². The topological polar surface area (TPSA) is 66.4 Å². The molecule has 1 aromatic rings. The zero-order valence-electron chi connectivity index (χ0n) is 9.66. The van der Waals surface area contributed by atoms with Crippen LogP contribution in [0.4, 0.5) is 10.1 Å². The van der Waals surface area contributed by atoms with Gasteiger partial charge in [0.15, 0.2) is 0 Å². The van der Waals surface area contributed by atoms with E-state index in [4.69, 9.17) is 5.11 Å². The Morgan fingerprint density at radius 3 is 2.65 bits per heavy atom. The predicted molar refractivity (Wildman–Crippen MR) is 61.4 cm³/mol. The number of rotatable bonds is 4. The lowest BCUT2D eigenvalue weighted by molar-refractivity contribution is -0.119. The van der Waals surface area contributed by atoms with Crippen LogP contribution in [0.1, 0.15) is 30.6 Å². The van der Waals surface area contributed by atoms with Crippen molar-refractivity contribution in [2.75, 3.05) is 5.32 Å².